The molecule has 1 aromatic rings. The molecule has 5 heteroatoms. The maximum atomic E-state index is 12.2. The molecule has 3 rings (SSSR count). The van der Waals surface area contributed by atoms with Gasteiger partial charge < -0.3 is 10.2 Å². The lowest BCUT2D eigenvalue weighted by atomic mass is 9.96. The van der Waals surface area contributed by atoms with Crippen LogP contribution in [0.1, 0.15) is 31.2 Å². The Hall–Kier alpha value is -1.73. The van der Waals surface area contributed by atoms with Gasteiger partial charge in [-0.25, -0.2) is 0 Å². The highest BCUT2D eigenvalue weighted by molar-refractivity contribution is 6.30. The normalized spacial score (nSPS) is 21.7. The van der Waals surface area contributed by atoms with Crippen molar-refractivity contribution in [2.75, 3.05) is 18.0 Å². The highest BCUT2D eigenvalue weighted by Gasteiger charge is 2.31. The number of carbonyl (C=O) groups is 1. The van der Waals surface area contributed by atoms with E-state index in [0.717, 1.165) is 37.9 Å². The lowest BCUT2D eigenvalue weighted by Gasteiger charge is -2.34. The van der Waals surface area contributed by atoms with Crippen molar-refractivity contribution in [2.24, 2.45) is 5.92 Å². The third-order valence-corrected chi connectivity index (χ3v) is 4.37. The average Bonchev–Trinajstić information content (AvgIpc) is 3.31. The smallest absolute Gasteiger partial charge is 0.225 e. The van der Waals surface area contributed by atoms with E-state index in [-0.39, 0.29) is 11.8 Å². The number of amides is 1. The number of hydrogen-bond donors (Lipinski definition) is 1. The highest BCUT2D eigenvalue weighted by atomic mass is 35.5. The molecule has 1 unspecified atom stereocenters. The number of carbonyl (C=O) groups excluding carboxylic acids is 1. The van der Waals surface area contributed by atoms with Crippen LogP contribution in [0.4, 0.5) is 5.69 Å². The first kappa shape index (κ1) is 14.2. The molecule has 1 amide bonds. The zero-order valence-corrected chi connectivity index (χ0v) is 12.6. The monoisotopic (exact) mass is 303 g/mol. The van der Waals surface area contributed by atoms with Crippen LogP contribution in [-0.4, -0.2) is 25.0 Å². The van der Waals surface area contributed by atoms with Crippen LogP contribution in [0.25, 0.3) is 0 Å². The molecule has 4 nitrogen and oxygen atoms in total. The number of nitrogens with zero attached hydrogens (tertiary/aromatic N) is 2. The Labute approximate surface area is 129 Å². The molecule has 1 saturated heterocycles. The van der Waals surface area contributed by atoms with Gasteiger partial charge in [0.2, 0.25) is 5.91 Å². The summed E-state index contributed by atoms with van der Waals surface area (Å²) in [4.78, 5) is 14.3. The zero-order valence-electron chi connectivity index (χ0n) is 11.8. The Kier molecular flexibility index (Phi) is 4.03. The molecular formula is C16H18ClN3O. The molecule has 0 radical (unpaired) electrons. The van der Waals surface area contributed by atoms with Crippen LogP contribution >= 0.6 is 11.6 Å². The Bertz CT molecular complexity index is 592. The number of hydrogen-bond acceptors (Lipinski definition) is 3. The van der Waals surface area contributed by atoms with E-state index in [4.69, 9.17) is 11.6 Å². The van der Waals surface area contributed by atoms with Gasteiger partial charge >= 0.3 is 0 Å². The van der Waals surface area contributed by atoms with Gasteiger partial charge in [-0.15, -0.1) is 0 Å². The maximum absolute atomic E-state index is 12.2. The van der Waals surface area contributed by atoms with Crippen molar-refractivity contribution in [1.82, 2.24) is 5.32 Å². The summed E-state index contributed by atoms with van der Waals surface area (Å²) in [6.07, 6.45) is 4.11. The molecule has 1 aliphatic carbocycles. The number of benzene rings is 1. The van der Waals surface area contributed by atoms with E-state index in [0.29, 0.717) is 23.2 Å². The summed E-state index contributed by atoms with van der Waals surface area (Å²) in [6.45, 7) is 1.55. The van der Waals surface area contributed by atoms with Gasteiger partial charge in [-0.1, -0.05) is 11.6 Å². The molecule has 21 heavy (non-hydrogen) atoms. The fourth-order valence-corrected chi connectivity index (χ4v) is 3.00. The minimum atomic E-state index is 0.0153. The predicted octanol–water partition coefficient (Wildman–Crippen LogP) is 2.71. The molecule has 1 heterocycles. The molecular weight excluding hydrogens is 286 g/mol. The lowest BCUT2D eigenvalue weighted by Crippen LogP contribution is -2.43. The van der Waals surface area contributed by atoms with Crippen LogP contribution in [0.15, 0.2) is 18.2 Å². The Morgan fingerprint density at radius 3 is 2.90 bits per heavy atom. The molecule has 0 spiro atoms. The molecule has 0 bridgehead atoms. The summed E-state index contributed by atoms with van der Waals surface area (Å²) >= 11 is 5.94. The molecule has 1 aliphatic heterocycles. The molecule has 110 valence electrons. The number of nitrogens with one attached hydrogen (secondary N) is 1. The first-order chi connectivity index (χ1) is 10.2. The topological polar surface area (TPSA) is 56.1 Å². The third kappa shape index (κ3) is 3.30. The second-order valence-electron chi connectivity index (χ2n) is 5.84. The van der Waals surface area contributed by atoms with Gasteiger partial charge in [-0.05, 0) is 43.9 Å². The maximum Gasteiger partial charge on any atom is 0.225 e. The predicted molar refractivity (Wildman–Crippen MR) is 82.3 cm³/mol. The van der Waals surface area contributed by atoms with Crippen molar-refractivity contribution < 1.29 is 4.79 Å². The summed E-state index contributed by atoms with van der Waals surface area (Å²) in [5, 5.41) is 12.9. The molecule has 1 N–H and O–H groups in total. The van der Waals surface area contributed by atoms with Crippen molar-refractivity contribution in [3.63, 3.8) is 0 Å². The summed E-state index contributed by atoms with van der Waals surface area (Å²) in [5.74, 6) is 0.177. The molecule has 0 aromatic heterocycles. The van der Waals surface area contributed by atoms with Crippen LogP contribution in [0.2, 0.25) is 5.02 Å². The highest BCUT2D eigenvalue weighted by Crippen LogP contribution is 2.29. The van der Waals surface area contributed by atoms with Crippen molar-refractivity contribution in [1.29, 1.82) is 5.26 Å². The summed E-state index contributed by atoms with van der Waals surface area (Å²) in [6, 6.07) is 7.95. The summed E-state index contributed by atoms with van der Waals surface area (Å²) in [7, 11) is 0. The number of anilines is 1. The quantitative estimate of drug-likeness (QED) is 0.934. The molecule has 2 aliphatic rings. The van der Waals surface area contributed by atoms with E-state index < -0.39 is 0 Å². The Morgan fingerprint density at radius 1 is 1.38 bits per heavy atom. The lowest BCUT2D eigenvalue weighted by molar-refractivity contribution is -0.125. The van der Waals surface area contributed by atoms with Gasteiger partial charge in [-0.3, -0.25) is 4.79 Å². The largest absolute Gasteiger partial charge is 0.370 e. The fraction of sp³-hybridized carbons (Fsp3) is 0.500. The summed E-state index contributed by atoms with van der Waals surface area (Å²) < 4.78 is 0. The number of nitriles is 1. The first-order valence-electron chi connectivity index (χ1n) is 7.42. The van der Waals surface area contributed by atoms with Gasteiger partial charge in [0, 0.05) is 24.2 Å². The van der Waals surface area contributed by atoms with E-state index >= 15 is 0 Å². The van der Waals surface area contributed by atoms with Crippen molar-refractivity contribution in [2.45, 2.75) is 31.7 Å². The van der Waals surface area contributed by atoms with Gasteiger partial charge in [0.25, 0.3) is 0 Å². The van der Waals surface area contributed by atoms with Gasteiger partial charge in [-0.2, -0.15) is 5.26 Å². The minimum Gasteiger partial charge on any atom is -0.370 e. The third-order valence-electron chi connectivity index (χ3n) is 4.14. The minimum absolute atomic E-state index is 0.0153. The van der Waals surface area contributed by atoms with Gasteiger partial charge in [0.05, 0.1) is 17.2 Å². The van der Waals surface area contributed by atoms with Crippen LogP contribution < -0.4 is 10.2 Å². The number of halogens is 1. The fourth-order valence-electron chi connectivity index (χ4n) is 2.83. The molecule has 2 fully saturated rings. The van der Waals surface area contributed by atoms with Crippen LogP contribution in [-0.2, 0) is 4.79 Å². The number of rotatable bonds is 3. The van der Waals surface area contributed by atoms with E-state index in [1.165, 1.54) is 0 Å². The Morgan fingerprint density at radius 2 is 2.19 bits per heavy atom. The van der Waals surface area contributed by atoms with Gasteiger partial charge in [0.15, 0.2) is 0 Å². The standard InChI is InChI=1S/C16H18ClN3O/c17-13-3-6-15(12(8-13)9-18)20-7-1-2-11(10-20)16(21)19-14-4-5-14/h3,6,8,11,14H,1-2,4-5,7,10H2,(H,19,21). The van der Waals surface area contributed by atoms with Gasteiger partial charge in [0.1, 0.15) is 6.07 Å². The summed E-state index contributed by atoms with van der Waals surface area (Å²) in [5.41, 5.74) is 1.46. The van der Waals surface area contributed by atoms with Crippen molar-refractivity contribution >= 4 is 23.2 Å². The molecule has 1 saturated carbocycles. The van der Waals surface area contributed by atoms with E-state index in [2.05, 4.69) is 16.3 Å². The van der Waals surface area contributed by atoms with Crippen LogP contribution in [0, 0.1) is 17.2 Å². The van der Waals surface area contributed by atoms with E-state index in [9.17, 15) is 10.1 Å². The van der Waals surface area contributed by atoms with E-state index in [1.54, 1.807) is 12.1 Å². The Balaban J connectivity index is 1.73. The average molecular weight is 304 g/mol. The van der Waals surface area contributed by atoms with Crippen molar-refractivity contribution in [3.8, 4) is 6.07 Å². The SMILES string of the molecule is N#Cc1cc(Cl)ccc1N1CCCC(C(=O)NC2CC2)C1. The molecule has 1 atom stereocenters. The zero-order chi connectivity index (χ0) is 14.8. The number of piperidine rings is 1. The van der Waals surface area contributed by atoms with Crippen LogP contribution in [0.3, 0.4) is 0 Å². The molecule has 1 aromatic carbocycles. The van der Waals surface area contributed by atoms with E-state index in [1.807, 2.05) is 6.07 Å². The first-order valence-corrected chi connectivity index (χ1v) is 7.80. The second kappa shape index (κ2) is 5.95. The second-order valence-corrected chi connectivity index (χ2v) is 6.28. The van der Waals surface area contributed by atoms with Crippen molar-refractivity contribution in [3.05, 3.63) is 28.8 Å². The van der Waals surface area contributed by atoms with Crippen LogP contribution in [0.5, 0.6) is 0 Å².